The average molecular weight is 982 g/mol. The third-order valence-electron chi connectivity index (χ3n) is 11.6. The molecule has 400 valence electrons. The van der Waals surface area contributed by atoms with E-state index < -0.39 is 6.10 Å². The van der Waals surface area contributed by atoms with Crippen molar-refractivity contribution in [3.63, 3.8) is 0 Å². The van der Waals surface area contributed by atoms with Crippen molar-refractivity contribution >= 4 is 17.9 Å². The molecule has 6 heteroatoms. The van der Waals surface area contributed by atoms with Crippen LogP contribution in [0.5, 0.6) is 0 Å². The van der Waals surface area contributed by atoms with E-state index in [1.807, 2.05) is 0 Å². The Morgan fingerprint density at radius 2 is 0.563 bits per heavy atom. The lowest BCUT2D eigenvalue weighted by Gasteiger charge is -2.18. The van der Waals surface area contributed by atoms with Gasteiger partial charge in [-0.15, -0.1) is 0 Å². The van der Waals surface area contributed by atoms with Gasteiger partial charge in [0, 0.05) is 19.3 Å². The zero-order chi connectivity index (χ0) is 51.4. The van der Waals surface area contributed by atoms with Crippen LogP contribution in [-0.4, -0.2) is 37.2 Å². The number of carbonyl (C=O) groups is 3. The van der Waals surface area contributed by atoms with Gasteiger partial charge in [0.1, 0.15) is 13.2 Å². The van der Waals surface area contributed by atoms with E-state index in [2.05, 4.69) is 154 Å². The van der Waals surface area contributed by atoms with Crippen LogP contribution in [0.1, 0.15) is 239 Å². The van der Waals surface area contributed by atoms with Crippen molar-refractivity contribution in [2.24, 2.45) is 0 Å². The van der Waals surface area contributed by atoms with E-state index in [0.29, 0.717) is 19.3 Å². The summed E-state index contributed by atoms with van der Waals surface area (Å²) in [5.74, 6) is -1.00. The summed E-state index contributed by atoms with van der Waals surface area (Å²) in [6.45, 7) is 6.31. The summed E-state index contributed by atoms with van der Waals surface area (Å²) in [6, 6.07) is 0. The van der Waals surface area contributed by atoms with Gasteiger partial charge in [0.25, 0.3) is 0 Å². The Morgan fingerprint density at radius 3 is 0.915 bits per heavy atom. The van der Waals surface area contributed by atoms with Gasteiger partial charge in [-0.1, -0.05) is 225 Å². The topological polar surface area (TPSA) is 78.9 Å². The van der Waals surface area contributed by atoms with Crippen LogP contribution in [-0.2, 0) is 28.6 Å². The summed E-state index contributed by atoms with van der Waals surface area (Å²) in [5.41, 5.74) is 0. The molecule has 0 amide bonds. The highest BCUT2D eigenvalue weighted by Crippen LogP contribution is 2.14. The first-order valence-electron chi connectivity index (χ1n) is 28.7. The van der Waals surface area contributed by atoms with Crippen LogP contribution in [0.15, 0.2) is 134 Å². The van der Waals surface area contributed by atoms with E-state index in [1.165, 1.54) is 70.6 Å². The first-order chi connectivity index (χ1) is 35.0. The summed E-state index contributed by atoms with van der Waals surface area (Å²) >= 11 is 0. The van der Waals surface area contributed by atoms with Gasteiger partial charge >= 0.3 is 17.9 Å². The number of ether oxygens (including phenoxy) is 3. The predicted octanol–water partition coefficient (Wildman–Crippen LogP) is 19.4. The molecular weight excluding hydrogens is 877 g/mol. The number of unbranched alkanes of at least 4 members (excludes halogenated alkanes) is 17. The van der Waals surface area contributed by atoms with Crippen LogP contribution < -0.4 is 0 Å². The Hall–Kier alpha value is -4.45. The van der Waals surface area contributed by atoms with Gasteiger partial charge < -0.3 is 14.2 Å². The molecule has 0 aliphatic carbocycles. The Bertz CT molecular complexity index is 1550. The van der Waals surface area contributed by atoms with Crippen molar-refractivity contribution < 1.29 is 28.6 Å². The predicted molar refractivity (Wildman–Crippen MR) is 306 cm³/mol. The van der Waals surface area contributed by atoms with E-state index >= 15 is 0 Å². The molecular formula is C65H104O6. The molecule has 0 aromatic rings. The molecule has 0 saturated heterocycles. The Kier molecular flexibility index (Phi) is 54.5. The lowest BCUT2D eigenvalue weighted by Crippen LogP contribution is -2.30. The van der Waals surface area contributed by atoms with Crippen LogP contribution in [0, 0.1) is 0 Å². The second-order valence-corrected chi connectivity index (χ2v) is 18.4. The number of hydrogen-bond donors (Lipinski definition) is 0. The molecule has 0 fully saturated rings. The first-order valence-corrected chi connectivity index (χ1v) is 28.7. The molecule has 6 nitrogen and oxygen atoms in total. The quantitative estimate of drug-likeness (QED) is 0.0262. The molecule has 0 spiro atoms. The van der Waals surface area contributed by atoms with Crippen molar-refractivity contribution in [2.45, 2.75) is 245 Å². The summed E-state index contributed by atoms with van der Waals surface area (Å²) < 4.78 is 16.8. The molecule has 0 radical (unpaired) electrons. The molecule has 0 unspecified atom stereocenters. The minimum Gasteiger partial charge on any atom is -0.462 e. The third-order valence-corrected chi connectivity index (χ3v) is 11.6. The fourth-order valence-electron chi connectivity index (χ4n) is 7.38. The van der Waals surface area contributed by atoms with Crippen molar-refractivity contribution in [1.29, 1.82) is 0 Å². The van der Waals surface area contributed by atoms with Crippen LogP contribution in [0.25, 0.3) is 0 Å². The average Bonchev–Trinajstić information content (AvgIpc) is 3.37. The summed E-state index contributed by atoms with van der Waals surface area (Å²) in [6.07, 6.45) is 81.6. The molecule has 0 heterocycles. The molecule has 0 aromatic carbocycles. The highest BCUT2D eigenvalue weighted by molar-refractivity contribution is 5.71. The van der Waals surface area contributed by atoms with Crippen molar-refractivity contribution in [3.05, 3.63) is 134 Å². The largest absolute Gasteiger partial charge is 0.462 e. The van der Waals surface area contributed by atoms with Gasteiger partial charge in [0.05, 0.1) is 0 Å². The second kappa shape index (κ2) is 58.1. The number of rotatable bonds is 50. The van der Waals surface area contributed by atoms with Gasteiger partial charge in [-0.05, 0) is 128 Å². The maximum Gasteiger partial charge on any atom is 0.306 e. The zero-order valence-electron chi connectivity index (χ0n) is 45.7. The maximum absolute atomic E-state index is 12.9. The van der Waals surface area contributed by atoms with Crippen molar-refractivity contribution in [2.75, 3.05) is 13.2 Å². The molecule has 0 N–H and O–H groups in total. The molecule has 0 saturated carbocycles. The SMILES string of the molecule is CC/C=C\C/C=C\C/C=C\C/C=C\C/C=C\CCCC(=O)OC[C@H](COC(=O)CCCCCC/C=C\C/C=C\C/C=C\C/C=C\CC)OC(=O)CCCCCCCCCCC/C=C\C/C=C\CCCCC. The van der Waals surface area contributed by atoms with Crippen molar-refractivity contribution in [1.82, 2.24) is 0 Å². The molecule has 0 rings (SSSR count). The summed E-state index contributed by atoms with van der Waals surface area (Å²) in [5, 5.41) is 0. The highest BCUT2D eigenvalue weighted by atomic mass is 16.6. The molecule has 0 aliphatic heterocycles. The summed E-state index contributed by atoms with van der Waals surface area (Å²) in [7, 11) is 0. The maximum atomic E-state index is 12.9. The molecule has 1 atom stereocenters. The Balaban J connectivity index is 4.54. The molecule has 0 aromatic heterocycles. The number of hydrogen-bond acceptors (Lipinski definition) is 6. The smallest absolute Gasteiger partial charge is 0.306 e. The lowest BCUT2D eigenvalue weighted by molar-refractivity contribution is -0.167. The second-order valence-electron chi connectivity index (χ2n) is 18.4. The zero-order valence-corrected chi connectivity index (χ0v) is 45.7. The minimum atomic E-state index is -0.819. The fraction of sp³-hybridized carbons (Fsp3) is 0.615. The van der Waals surface area contributed by atoms with Gasteiger partial charge in [0.2, 0.25) is 0 Å². The Labute approximate surface area is 436 Å². The van der Waals surface area contributed by atoms with Gasteiger partial charge in [-0.25, -0.2) is 0 Å². The first kappa shape index (κ1) is 66.6. The van der Waals surface area contributed by atoms with Crippen LogP contribution in [0.2, 0.25) is 0 Å². The number of esters is 3. The fourth-order valence-corrected chi connectivity index (χ4v) is 7.38. The molecule has 0 aliphatic rings. The van der Waals surface area contributed by atoms with E-state index in [9.17, 15) is 14.4 Å². The number of allylic oxidation sites excluding steroid dienone is 22. The van der Waals surface area contributed by atoms with Gasteiger partial charge in [-0.2, -0.15) is 0 Å². The minimum absolute atomic E-state index is 0.115. The number of carbonyl (C=O) groups excluding carboxylic acids is 3. The van der Waals surface area contributed by atoms with E-state index in [0.717, 1.165) is 122 Å². The molecule has 71 heavy (non-hydrogen) atoms. The van der Waals surface area contributed by atoms with Crippen molar-refractivity contribution in [3.8, 4) is 0 Å². The summed E-state index contributed by atoms with van der Waals surface area (Å²) in [4.78, 5) is 38.2. The van der Waals surface area contributed by atoms with E-state index in [-0.39, 0.29) is 37.5 Å². The normalized spacial score (nSPS) is 13.1. The van der Waals surface area contributed by atoms with E-state index in [4.69, 9.17) is 14.2 Å². The van der Waals surface area contributed by atoms with Crippen LogP contribution in [0.4, 0.5) is 0 Å². The van der Waals surface area contributed by atoms with Crippen LogP contribution in [0.3, 0.4) is 0 Å². The highest BCUT2D eigenvalue weighted by Gasteiger charge is 2.19. The monoisotopic (exact) mass is 981 g/mol. The lowest BCUT2D eigenvalue weighted by atomic mass is 10.1. The van der Waals surface area contributed by atoms with Gasteiger partial charge in [0.15, 0.2) is 6.10 Å². The Morgan fingerprint density at radius 1 is 0.296 bits per heavy atom. The van der Waals surface area contributed by atoms with Crippen LogP contribution >= 0.6 is 0 Å². The van der Waals surface area contributed by atoms with Gasteiger partial charge in [-0.3, -0.25) is 14.4 Å². The molecule has 0 bridgehead atoms. The third kappa shape index (κ3) is 56.3. The standard InChI is InChI=1S/C65H104O6/c1-4-7-10-13-16-19-22-25-28-31-32-35-38-41-44-47-50-53-56-59-65(68)71-62(60-69-63(66)57-54-51-48-45-42-39-36-33-29-26-23-20-17-14-11-8-5-2)61-70-64(67)58-55-52-49-46-43-40-37-34-30-27-24-21-18-15-12-9-6-3/h8-9,11-12,16-21,25-30,36-37,39-40,45,48,62H,4-7,10,13-15,22-24,31-35,38,41-44,46-47,49-61H2,1-3H3/b11-8-,12-9-,19-16-,20-17-,21-18-,28-25-,29-26-,30-27-,39-36-,40-37-,48-45-/t62-/m1/s1. The van der Waals surface area contributed by atoms with E-state index in [1.54, 1.807) is 0 Å².